The van der Waals surface area contributed by atoms with Crippen molar-refractivity contribution in [3.8, 4) is 5.75 Å². The number of nitrogens with zero attached hydrogens (tertiary/aromatic N) is 1. The second kappa shape index (κ2) is 6.21. The molecule has 0 saturated carbocycles. The predicted molar refractivity (Wildman–Crippen MR) is 96.7 cm³/mol. The molecule has 4 heteroatoms. The minimum atomic E-state index is 0.287. The summed E-state index contributed by atoms with van der Waals surface area (Å²) in [6.07, 6.45) is 1.72. The van der Waals surface area contributed by atoms with Crippen molar-refractivity contribution in [1.29, 1.82) is 0 Å². The highest BCUT2D eigenvalue weighted by Gasteiger charge is 2.05. The van der Waals surface area contributed by atoms with Crippen molar-refractivity contribution in [2.24, 2.45) is 4.99 Å². The van der Waals surface area contributed by atoms with Crippen LogP contribution in [0.15, 0.2) is 35.3 Å². The molecule has 0 amide bonds. The van der Waals surface area contributed by atoms with Gasteiger partial charge in [0.2, 0.25) is 0 Å². The number of halogens is 2. The average Bonchev–Trinajstić information content (AvgIpc) is 2.35. The maximum absolute atomic E-state index is 10.0. The average molecular weight is 477 g/mol. The molecule has 0 heterocycles. The molecule has 0 atom stereocenters. The number of aliphatic imine (C=N–C) groups is 1. The summed E-state index contributed by atoms with van der Waals surface area (Å²) < 4.78 is 1.93. The molecule has 0 aliphatic carbocycles. The third-order valence-corrected chi connectivity index (χ3v) is 4.21. The summed E-state index contributed by atoms with van der Waals surface area (Å²) in [4.78, 5) is 4.49. The fourth-order valence-electron chi connectivity index (χ4n) is 1.68. The second-order valence-corrected chi connectivity index (χ2v) is 6.78. The zero-order valence-electron chi connectivity index (χ0n) is 10.6. The number of hydrogen-bond acceptors (Lipinski definition) is 2. The maximum Gasteiger partial charge on any atom is 0.137 e. The number of hydrogen-bond donors (Lipinski definition) is 1. The Bertz CT molecular complexity index is 651. The molecule has 0 aliphatic rings. The van der Waals surface area contributed by atoms with Crippen LogP contribution in [0.4, 0.5) is 5.69 Å². The summed E-state index contributed by atoms with van der Waals surface area (Å²) >= 11 is 4.36. The highest BCUT2D eigenvalue weighted by molar-refractivity contribution is 14.1. The number of aryl methyl sites for hydroxylation is 2. The normalized spacial score (nSPS) is 11.2. The first-order valence-corrected chi connectivity index (χ1v) is 7.92. The molecule has 0 aromatic heterocycles. The van der Waals surface area contributed by atoms with Crippen LogP contribution in [0.5, 0.6) is 5.75 Å². The Balaban J connectivity index is 2.40. The monoisotopic (exact) mass is 477 g/mol. The van der Waals surface area contributed by atoms with Gasteiger partial charge in [0.05, 0.1) is 9.26 Å². The molecule has 0 unspecified atom stereocenters. The highest BCUT2D eigenvalue weighted by atomic mass is 127. The topological polar surface area (TPSA) is 32.6 Å². The molecular formula is C15H13I2NO. The van der Waals surface area contributed by atoms with Crippen LogP contribution in [-0.4, -0.2) is 11.3 Å². The minimum Gasteiger partial charge on any atom is -0.506 e. The number of aromatic hydroxyl groups is 1. The van der Waals surface area contributed by atoms with E-state index in [1.54, 1.807) is 6.21 Å². The van der Waals surface area contributed by atoms with Crippen molar-refractivity contribution in [1.82, 2.24) is 0 Å². The van der Waals surface area contributed by atoms with Gasteiger partial charge < -0.3 is 5.11 Å². The van der Waals surface area contributed by atoms with Crippen LogP contribution >= 0.6 is 45.2 Å². The third-order valence-electron chi connectivity index (χ3n) is 2.77. The Morgan fingerprint density at radius 2 is 1.84 bits per heavy atom. The molecule has 2 aromatic carbocycles. The molecule has 1 N–H and O–H groups in total. The molecule has 0 spiro atoms. The zero-order valence-corrected chi connectivity index (χ0v) is 14.9. The Hall–Kier alpha value is -0.630. The van der Waals surface area contributed by atoms with E-state index in [1.165, 1.54) is 5.56 Å². The van der Waals surface area contributed by atoms with Gasteiger partial charge in [0.1, 0.15) is 5.75 Å². The molecule has 2 aromatic rings. The van der Waals surface area contributed by atoms with Crippen LogP contribution in [0.3, 0.4) is 0 Å². The lowest BCUT2D eigenvalue weighted by atomic mass is 10.1. The number of benzene rings is 2. The first-order chi connectivity index (χ1) is 8.97. The molecule has 0 aliphatic heterocycles. The fourth-order valence-corrected chi connectivity index (χ4v) is 3.57. The van der Waals surface area contributed by atoms with Gasteiger partial charge >= 0.3 is 0 Å². The molecule has 0 radical (unpaired) electrons. The first kappa shape index (κ1) is 14.8. The molecule has 2 nitrogen and oxygen atoms in total. The summed E-state index contributed by atoms with van der Waals surface area (Å²) in [6, 6.07) is 10.0. The Labute approximate surface area is 140 Å². The number of phenolic OH excluding ortho intramolecular Hbond substituents is 1. The van der Waals surface area contributed by atoms with E-state index in [0.29, 0.717) is 0 Å². The SMILES string of the molecule is Cc1ccc(C)c(N=Cc2cc(I)cc(I)c2O)c1. The minimum absolute atomic E-state index is 0.287. The fraction of sp³-hybridized carbons (Fsp3) is 0.133. The third kappa shape index (κ3) is 3.68. The smallest absolute Gasteiger partial charge is 0.137 e. The van der Waals surface area contributed by atoms with E-state index in [4.69, 9.17) is 0 Å². The van der Waals surface area contributed by atoms with Crippen LogP contribution in [-0.2, 0) is 0 Å². The van der Waals surface area contributed by atoms with Crippen molar-refractivity contribution >= 4 is 57.1 Å². The van der Waals surface area contributed by atoms with Crippen molar-refractivity contribution in [3.05, 3.63) is 54.2 Å². The van der Waals surface area contributed by atoms with Crippen molar-refractivity contribution < 1.29 is 5.11 Å². The lowest BCUT2D eigenvalue weighted by Crippen LogP contribution is -1.88. The van der Waals surface area contributed by atoms with Crippen molar-refractivity contribution in [2.75, 3.05) is 0 Å². The van der Waals surface area contributed by atoms with E-state index in [-0.39, 0.29) is 5.75 Å². The van der Waals surface area contributed by atoms with Crippen molar-refractivity contribution in [3.63, 3.8) is 0 Å². The molecule has 0 bridgehead atoms. The van der Waals surface area contributed by atoms with Gasteiger partial charge in [-0.15, -0.1) is 0 Å². The van der Waals surface area contributed by atoms with Gasteiger partial charge in [-0.3, -0.25) is 4.99 Å². The van der Waals surface area contributed by atoms with Crippen LogP contribution in [0.25, 0.3) is 0 Å². The quantitative estimate of drug-likeness (QED) is 0.481. The second-order valence-electron chi connectivity index (χ2n) is 4.37. The Kier molecular flexibility index (Phi) is 4.83. The first-order valence-electron chi connectivity index (χ1n) is 5.76. The van der Waals surface area contributed by atoms with Gasteiger partial charge in [-0.05, 0) is 88.4 Å². The summed E-state index contributed by atoms with van der Waals surface area (Å²) in [5, 5.41) is 10.0. The molecule has 0 fully saturated rings. The Morgan fingerprint density at radius 3 is 2.58 bits per heavy atom. The standard InChI is InChI=1S/C15H13I2NO/c1-9-3-4-10(2)14(5-9)18-8-11-6-12(16)7-13(17)15(11)19/h3-8,19H,1-2H3. The molecule has 19 heavy (non-hydrogen) atoms. The molecule has 0 saturated heterocycles. The lowest BCUT2D eigenvalue weighted by Gasteiger charge is -2.04. The van der Waals surface area contributed by atoms with Crippen molar-refractivity contribution in [2.45, 2.75) is 13.8 Å². The van der Waals surface area contributed by atoms with Gasteiger partial charge in [-0.1, -0.05) is 12.1 Å². The highest BCUT2D eigenvalue weighted by Crippen LogP contribution is 2.27. The van der Waals surface area contributed by atoms with Gasteiger partial charge in [-0.25, -0.2) is 0 Å². The zero-order chi connectivity index (χ0) is 14.0. The van der Waals surface area contributed by atoms with E-state index >= 15 is 0 Å². The van der Waals surface area contributed by atoms with E-state index in [0.717, 1.165) is 24.0 Å². The van der Waals surface area contributed by atoms with Gasteiger partial charge in [0.15, 0.2) is 0 Å². The van der Waals surface area contributed by atoms with E-state index in [2.05, 4.69) is 62.3 Å². The predicted octanol–water partition coefficient (Wildman–Crippen LogP) is 4.97. The summed E-state index contributed by atoms with van der Waals surface area (Å²) in [5.41, 5.74) is 3.99. The molecule has 98 valence electrons. The Morgan fingerprint density at radius 1 is 1.11 bits per heavy atom. The van der Waals surface area contributed by atoms with E-state index < -0.39 is 0 Å². The largest absolute Gasteiger partial charge is 0.506 e. The van der Waals surface area contributed by atoms with Gasteiger partial charge in [0.25, 0.3) is 0 Å². The van der Waals surface area contributed by atoms with E-state index in [1.807, 2.05) is 32.0 Å². The maximum atomic E-state index is 10.0. The van der Waals surface area contributed by atoms with Crippen LogP contribution in [0.1, 0.15) is 16.7 Å². The lowest BCUT2D eigenvalue weighted by molar-refractivity contribution is 0.470. The molecule has 2 rings (SSSR count). The number of phenols is 1. The summed E-state index contributed by atoms with van der Waals surface area (Å²) in [5.74, 6) is 0.287. The van der Waals surface area contributed by atoms with E-state index in [9.17, 15) is 5.11 Å². The van der Waals surface area contributed by atoms with Gasteiger partial charge in [0, 0.05) is 15.3 Å². The molecular weight excluding hydrogens is 464 g/mol. The number of rotatable bonds is 2. The van der Waals surface area contributed by atoms with Gasteiger partial charge in [-0.2, -0.15) is 0 Å². The van der Waals surface area contributed by atoms with Crippen LogP contribution in [0.2, 0.25) is 0 Å². The van der Waals surface area contributed by atoms with Crippen LogP contribution < -0.4 is 0 Å². The summed E-state index contributed by atoms with van der Waals surface area (Å²) in [7, 11) is 0. The van der Waals surface area contributed by atoms with Crippen LogP contribution in [0, 0.1) is 21.0 Å². The summed E-state index contributed by atoms with van der Waals surface area (Å²) in [6.45, 7) is 4.08.